The molecule has 142 valence electrons. The van der Waals surface area contributed by atoms with Crippen LogP contribution in [0.5, 0.6) is 5.75 Å². The summed E-state index contributed by atoms with van der Waals surface area (Å²) in [7, 11) is 0. The molecule has 0 fully saturated rings. The van der Waals surface area contributed by atoms with E-state index in [2.05, 4.69) is 15.1 Å². The van der Waals surface area contributed by atoms with Gasteiger partial charge in [0.05, 0.1) is 5.02 Å². The Morgan fingerprint density at radius 3 is 2.78 bits per heavy atom. The molecule has 2 heterocycles. The van der Waals surface area contributed by atoms with Crippen LogP contribution in [0.4, 0.5) is 5.95 Å². The second-order valence-electron chi connectivity index (χ2n) is 5.94. The van der Waals surface area contributed by atoms with E-state index in [0.717, 1.165) is 17.0 Å². The first-order valence-electron chi connectivity index (χ1n) is 8.47. The fourth-order valence-electron chi connectivity index (χ4n) is 2.75. The highest BCUT2D eigenvalue weighted by Crippen LogP contribution is 2.22. The van der Waals surface area contributed by atoms with Crippen molar-refractivity contribution in [2.24, 2.45) is 0 Å². The first-order chi connectivity index (χ1) is 13.0. The number of esters is 1. The van der Waals surface area contributed by atoms with Crippen LogP contribution in [0.1, 0.15) is 23.4 Å². The fourth-order valence-corrected chi connectivity index (χ4v) is 2.94. The average molecular weight is 390 g/mol. The van der Waals surface area contributed by atoms with Gasteiger partial charge in [0, 0.05) is 17.8 Å². The van der Waals surface area contributed by atoms with Gasteiger partial charge in [-0.2, -0.15) is 9.50 Å². The Hall–Kier alpha value is -2.87. The summed E-state index contributed by atoms with van der Waals surface area (Å²) in [5.41, 5.74) is 8.20. The van der Waals surface area contributed by atoms with Crippen LogP contribution < -0.4 is 10.5 Å². The number of fused-ring (bicyclic) bond motifs is 1. The Morgan fingerprint density at radius 1 is 1.22 bits per heavy atom. The van der Waals surface area contributed by atoms with Crippen LogP contribution in [0.2, 0.25) is 5.02 Å². The molecule has 0 aliphatic rings. The van der Waals surface area contributed by atoms with Gasteiger partial charge in [-0.1, -0.05) is 23.7 Å². The van der Waals surface area contributed by atoms with Crippen molar-refractivity contribution in [3.05, 3.63) is 46.2 Å². The first-order valence-corrected chi connectivity index (χ1v) is 8.85. The van der Waals surface area contributed by atoms with Gasteiger partial charge >= 0.3 is 5.97 Å². The number of carbonyl (C=O) groups is 1. The van der Waals surface area contributed by atoms with E-state index in [9.17, 15) is 4.79 Å². The number of nitrogens with two attached hydrogens (primary N) is 1. The molecule has 0 amide bonds. The number of nitrogen functional groups attached to an aromatic ring is 1. The monoisotopic (exact) mass is 389 g/mol. The molecule has 27 heavy (non-hydrogen) atoms. The molecule has 0 bridgehead atoms. The van der Waals surface area contributed by atoms with Gasteiger partial charge in [0.25, 0.3) is 5.78 Å². The number of nitrogens with zero attached hydrogens (tertiary/aromatic N) is 4. The zero-order valence-corrected chi connectivity index (χ0v) is 15.9. The number of aromatic nitrogens is 4. The third kappa shape index (κ3) is 4.46. The molecule has 2 N–H and O–H groups in total. The van der Waals surface area contributed by atoms with Crippen LogP contribution in [0.3, 0.4) is 0 Å². The van der Waals surface area contributed by atoms with E-state index < -0.39 is 0 Å². The Morgan fingerprint density at radius 2 is 2.00 bits per heavy atom. The number of halogens is 1. The topological polar surface area (TPSA) is 105 Å². The summed E-state index contributed by atoms with van der Waals surface area (Å²) in [6.07, 6.45) is 0.718. The molecule has 9 heteroatoms. The lowest BCUT2D eigenvalue weighted by atomic mass is 10.1. The summed E-state index contributed by atoms with van der Waals surface area (Å²) >= 11 is 6.00. The van der Waals surface area contributed by atoms with Crippen LogP contribution >= 0.6 is 11.6 Å². The van der Waals surface area contributed by atoms with Crippen molar-refractivity contribution in [3.8, 4) is 5.75 Å². The van der Waals surface area contributed by atoms with E-state index in [0.29, 0.717) is 23.0 Å². The Bertz CT molecular complexity index is 973. The number of anilines is 1. The maximum atomic E-state index is 12.0. The van der Waals surface area contributed by atoms with Crippen LogP contribution in [0.25, 0.3) is 5.78 Å². The van der Waals surface area contributed by atoms with Crippen molar-refractivity contribution in [1.29, 1.82) is 0 Å². The lowest BCUT2D eigenvalue weighted by Gasteiger charge is -2.11. The fraction of sp³-hybridized carbons (Fsp3) is 0.333. The highest BCUT2D eigenvalue weighted by Gasteiger charge is 2.14. The minimum absolute atomic E-state index is 0.152. The summed E-state index contributed by atoms with van der Waals surface area (Å²) in [6.45, 7) is 4.15. The van der Waals surface area contributed by atoms with Crippen LogP contribution in [0, 0.1) is 13.8 Å². The molecule has 8 nitrogen and oxygen atoms in total. The SMILES string of the molecule is Cc1nc2nc(N)nn2c(C)c1CCC(=O)OCCOc1ccccc1Cl. The predicted molar refractivity (Wildman–Crippen MR) is 101 cm³/mol. The molecular weight excluding hydrogens is 370 g/mol. The van der Waals surface area contributed by atoms with E-state index in [4.69, 9.17) is 26.8 Å². The van der Waals surface area contributed by atoms with E-state index in [1.54, 1.807) is 16.6 Å². The van der Waals surface area contributed by atoms with Gasteiger partial charge < -0.3 is 15.2 Å². The van der Waals surface area contributed by atoms with E-state index in [1.807, 2.05) is 26.0 Å². The number of benzene rings is 1. The summed E-state index contributed by atoms with van der Waals surface area (Å²) in [5, 5.41) is 4.64. The van der Waals surface area contributed by atoms with Crippen molar-refractivity contribution in [2.45, 2.75) is 26.7 Å². The summed E-state index contributed by atoms with van der Waals surface area (Å²) in [6, 6.07) is 7.14. The van der Waals surface area contributed by atoms with Crippen LogP contribution in [-0.4, -0.2) is 38.8 Å². The number of hydrogen-bond acceptors (Lipinski definition) is 7. The Balaban J connectivity index is 1.51. The maximum Gasteiger partial charge on any atom is 0.306 e. The summed E-state index contributed by atoms with van der Waals surface area (Å²) in [4.78, 5) is 20.4. The van der Waals surface area contributed by atoms with Crippen molar-refractivity contribution in [2.75, 3.05) is 18.9 Å². The smallest absolute Gasteiger partial charge is 0.306 e. The lowest BCUT2D eigenvalue weighted by molar-refractivity contribution is -0.144. The minimum Gasteiger partial charge on any atom is -0.488 e. The second-order valence-corrected chi connectivity index (χ2v) is 6.35. The summed E-state index contributed by atoms with van der Waals surface area (Å²) < 4.78 is 12.3. The minimum atomic E-state index is -0.310. The van der Waals surface area contributed by atoms with Crippen molar-refractivity contribution < 1.29 is 14.3 Å². The van der Waals surface area contributed by atoms with Gasteiger partial charge in [-0.05, 0) is 38.0 Å². The quantitative estimate of drug-likeness (QED) is 0.489. The Labute approximate surface area is 161 Å². The molecule has 0 saturated carbocycles. The molecule has 3 aromatic rings. The van der Waals surface area contributed by atoms with Crippen LogP contribution in [-0.2, 0) is 16.0 Å². The molecule has 0 saturated heterocycles. The molecule has 0 unspecified atom stereocenters. The van der Waals surface area contributed by atoms with Gasteiger partial charge in [-0.25, -0.2) is 4.98 Å². The number of hydrogen-bond donors (Lipinski definition) is 1. The molecular formula is C18H20ClN5O3. The lowest BCUT2D eigenvalue weighted by Crippen LogP contribution is -2.14. The second kappa shape index (κ2) is 8.22. The number of rotatable bonds is 7. The first kappa shape index (κ1) is 18.9. The third-order valence-electron chi connectivity index (χ3n) is 4.09. The number of carbonyl (C=O) groups excluding carboxylic acids is 1. The molecule has 3 rings (SSSR count). The van der Waals surface area contributed by atoms with E-state index >= 15 is 0 Å². The maximum absolute atomic E-state index is 12.0. The molecule has 0 atom stereocenters. The highest BCUT2D eigenvalue weighted by atomic mass is 35.5. The molecule has 2 aromatic heterocycles. The van der Waals surface area contributed by atoms with Gasteiger partial charge in [0.1, 0.15) is 19.0 Å². The third-order valence-corrected chi connectivity index (χ3v) is 4.40. The van der Waals surface area contributed by atoms with Crippen molar-refractivity contribution in [3.63, 3.8) is 0 Å². The Kier molecular flexibility index (Phi) is 5.75. The van der Waals surface area contributed by atoms with E-state index in [1.165, 1.54) is 0 Å². The van der Waals surface area contributed by atoms with Gasteiger partial charge in [-0.15, -0.1) is 5.10 Å². The largest absolute Gasteiger partial charge is 0.488 e. The van der Waals surface area contributed by atoms with Gasteiger partial charge in [-0.3, -0.25) is 4.79 Å². The van der Waals surface area contributed by atoms with Gasteiger partial charge in [0.15, 0.2) is 0 Å². The average Bonchev–Trinajstić information content (AvgIpc) is 3.00. The van der Waals surface area contributed by atoms with E-state index in [-0.39, 0.29) is 31.6 Å². The molecule has 0 spiro atoms. The highest BCUT2D eigenvalue weighted by molar-refractivity contribution is 6.32. The molecule has 0 aliphatic heterocycles. The molecule has 0 radical (unpaired) electrons. The number of aryl methyl sites for hydroxylation is 2. The molecule has 1 aromatic carbocycles. The van der Waals surface area contributed by atoms with Crippen LogP contribution in [0.15, 0.2) is 24.3 Å². The van der Waals surface area contributed by atoms with Crippen molar-refractivity contribution in [1.82, 2.24) is 19.6 Å². The number of ether oxygens (including phenoxy) is 2. The van der Waals surface area contributed by atoms with Crippen molar-refractivity contribution >= 4 is 29.3 Å². The molecule has 0 aliphatic carbocycles. The normalized spacial score (nSPS) is 10.9. The predicted octanol–water partition coefficient (Wildman–Crippen LogP) is 2.53. The number of para-hydroxylation sites is 1. The zero-order chi connectivity index (χ0) is 19.4. The summed E-state index contributed by atoms with van der Waals surface area (Å²) in [5.74, 6) is 0.869. The zero-order valence-electron chi connectivity index (χ0n) is 15.1. The standard InChI is InChI=1S/C18H20ClN5O3/c1-11-13(12(2)24-18(21-11)22-17(20)23-24)7-8-16(25)27-10-9-26-15-6-4-3-5-14(15)19/h3-6H,7-10H2,1-2H3,(H2,20,23). The van der Waals surface area contributed by atoms with Gasteiger partial charge in [0.2, 0.25) is 5.95 Å².